The lowest BCUT2D eigenvalue weighted by molar-refractivity contribution is 0.587. The van der Waals surface area contributed by atoms with E-state index in [4.69, 9.17) is 8.83 Å². The average Bonchev–Trinajstić information content (AvgIpc) is 3.15. The monoisotopic (exact) mass is 456 g/mol. The van der Waals surface area contributed by atoms with Gasteiger partial charge in [0.2, 0.25) is 0 Å². The molecule has 2 aromatic heterocycles. The normalized spacial score (nSPS) is 13.5. The van der Waals surface area contributed by atoms with E-state index in [0.29, 0.717) is 39.9 Å². The zero-order valence-corrected chi connectivity index (χ0v) is 18.7. The summed E-state index contributed by atoms with van der Waals surface area (Å²) in [4.78, 5) is 25.7. The van der Waals surface area contributed by atoms with Gasteiger partial charge in [0.1, 0.15) is 22.7 Å². The Morgan fingerprint density at radius 3 is 2.29 bits per heavy atom. The SMILES string of the molecule is O=c1cc(C2=CCC=CC(c3cccc4c(=O)cc(-c5ccccc5)oc34)=C2)oc2ccccc12. The minimum atomic E-state index is -0.0959. The van der Waals surface area contributed by atoms with Crippen LogP contribution >= 0.6 is 0 Å². The summed E-state index contributed by atoms with van der Waals surface area (Å²) in [6, 6.07) is 25.5. The van der Waals surface area contributed by atoms with Gasteiger partial charge in [-0.1, -0.05) is 72.8 Å². The fourth-order valence-electron chi connectivity index (χ4n) is 4.40. The zero-order chi connectivity index (χ0) is 23.8. The molecule has 0 spiro atoms. The zero-order valence-electron chi connectivity index (χ0n) is 18.7. The third-order valence-corrected chi connectivity index (χ3v) is 6.13. The molecule has 35 heavy (non-hydrogen) atoms. The van der Waals surface area contributed by atoms with Crippen LogP contribution in [0.2, 0.25) is 0 Å². The molecular formula is C31H20O4. The van der Waals surface area contributed by atoms with Crippen molar-refractivity contribution in [3.8, 4) is 11.3 Å². The molecule has 1 aliphatic carbocycles. The Bertz CT molecular complexity index is 1800. The van der Waals surface area contributed by atoms with Crippen molar-refractivity contribution < 1.29 is 8.83 Å². The number of fused-ring (bicyclic) bond motifs is 2. The van der Waals surface area contributed by atoms with Crippen molar-refractivity contribution in [2.24, 2.45) is 0 Å². The highest BCUT2D eigenvalue weighted by molar-refractivity contribution is 5.97. The summed E-state index contributed by atoms with van der Waals surface area (Å²) < 4.78 is 12.4. The summed E-state index contributed by atoms with van der Waals surface area (Å²) in [6.45, 7) is 0. The Morgan fingerprint density at radius 1 is 0.657 bits per heavy atom. The van der Waals surface area contributed by atoms with E-state index in [1.807, 2.05) is 78.9 Å². The maximum absolute atomic E-state index is 13.0. The molecule has 6 rings (SSSR count). The Morgan fingerprint density at radius 2 is 1.40 bits per heavy atom. The smallest absolute Gasteiger partial charge is 0.193 e. The number of rotatable bonds is 3. The molecule has 0 fully saturated rings. The second kappa shape index (κ2) is 8.58. The van der Waals surface area contributed by atoms with E-state index >= 15 is 0 Å². The Balaban J connectivity index is 1.53. The summed E-state index contributed by atoms with van der Waals surface area (Å²) in [6.07, 6.45) is 8.71. The van der Waals surface area contributed by atoms with E-state index < -0.39 is 0 Å². The van der Waals surface area contributed by atoms with Crippen molar-refractivity contribution in [2.75, 3.05) is 0 Å². The molecule has 3 aromatic carbocycles. The first kappa shape index (κ1) is 20.9. The largest absolute Gasteiger partial charge is 0.456 e. The molecule has 2 heterocycles. The van der Waals surface area contributed by atoms with Gasteiger partial charge in [0.15, 0.2) is 10.9 Å². The third-order valence-electron chi connectivity index (χ3n) is 6.13. The van der Waals surface area contributed by atoms with Crippen LogP contribution in [-0.2, 0) is 0 Å². The van der Waals surface area contributed by atoms with Crippen molar-refractivity contribution >= 4 is 33.1 Å². The van der Waals surface area contributed by atoms with Crippen molar-refractivity contribution in [2.45, 2.75) is 6.42 Å². The molecule has 5 aromatic rings. The molecule has 168 valence electrons. The van der Waals surface area contributed by atoms with E-state index in [1.165, 1.54) is 12.1 Å². The standard InChI is InChI=1S/C31H20O4/c32-26-18-30(34-28-16-7-6-13-24(26)28)22-12-5-4-11-21(17-22)23-14-8-15-25-27(33)19-29(35-31(23)25)20-9-2-1-3-10-20/h1-4,6-19H,5H2. The highest BCUT2D eigenvalue weighted by atomic mass is 16.3. The molecule has 0 radical (unpaired) electrons. The lowest BCUT2D eigenvalue weighted by Gasteiger charge is -2.10. The van der Waals surface area contributed by atoms with Crippen molar-refractivity contribution in [1.82, 2.24) is 0 Å². The number of benzene rings is 3. The van der Waals surface area contributed by atoms with E-state index in [9.17, 15) is 9.59 Å². The lowest BCUT2D eigenvalue weighted by Crippen LogP contribution is -2.02. The molecule has 0 bridgehead atoms. The van der Waals surface area contributed by atoms with Gasteiger partial charge in [-0.2, -0.15) is 0 Å². The predicted octanol–water partition coefficient (Wildman–Crippen LogP) is 6.99. The molecule has 0 saturated heterocycles. The first-order chi connectivity index (χ1) is 17.2. The second-order valence-electron chi connectivity index (χ2n) is 8.39. The van der Waals surface area contributed by atoms with Crippen molar-refractivity contribution in [1.29, 1.82) is 0 Å². The van der Waals surface area contributed by atoms with Gasteiger partial charge in [-0.05, 0) is 36.3 Å². The lowest BCUT2D eigenvalue weighted by atomic mass is 9.99. The first-order valence-corrected chi connectivity index (χ1v) is 11.4. The quantitative estimate of drug-likeness (QED) is 0.293. The van der Waals surface area contributed by atoms with Crippen LogP contribution in [0.3, 0.4) is 0 Å². The van der Waals surface area contributed by atoms with Crippen LogP contribution in [0.25, 0.3) is 44.4 Å². The third kappa shape index (κ3) is 3.85. The Labute approximate surface area is 200 Å². The van der Waals surface area contributed by atoms with Gasteiger partial charge in [-0.25, -0.2) is 0 Å². The number of hydrogen-bond acceptors (Lipinski definition) is 4. The number of allylic oxidation sites excluding steroid dienone is 6. The van der Waals surface area contributed by atoms with E-state index in [0.717, 1.165) is 22.3 Å². The van der Waals surface area contributed by atoms with Gasteiger partial charge < -0.3 is 8.83 Å². The van der Waals surface area contributed by atoms with Crippen LogP contribution in [0, 0.1) is 0 Å². The molecular weight excluding hydrogens is 436 g/mol. The molecule has 0 saturated carbocycles. The minimum absolute atomic E-state index is 0.0847. The number of para-hydroxylation sites is 2. The first-order valence-electron chi connectivity index (χ1n) is 11.4. The number of hydrogen-bond donors (Lipinski definition) is 0. The summed E-state index contributed by atoms with van der Waals surface area (Å²) in [7, 11) is 0. The van der Waals surface area contributed by atoms with Crippen molar-refractivity contribution in [3.63, 3.8) is 0 Å². The molecule has 0 unspecified atom stereocenters. The van der Waals surface area contributed by atoms with Crippen molar-refractivity contribution in [3.05, 3.63) is 141 Å². The average molecular weight is 456 g/mol. The van der Waals surface area contributed by atoms with Crippen LogP contribution in [0.15, 0.2) is 128 Å². The molecule has 0 atom stereocenters. The summed E-state index contributed by atoms with van der Waals surface area (Å²) >= 11 is 0. The Hall–Kier alpha value is -4.70. The molecule has 1 aliphatic rings. The minimum Gasteiger partial charge on any atom is -0.456 e. The molecule has 0 amide bonds. The van der Waals surface area contributed by atoms with E-state index in [2.05, 4.69) is 0 Å². The van der Waals surface area contributed by atoms with Crippen LogP contribution < -0.4 is 10.9 Å². The van der Waals surface area contributed by atoms with Gasteiger partial charge in [-0.3, -0.25) is 9.59 Å². The fraction of sp³-hybridized carbons (Fsp3) is 0.0323. The van der Waals surface area contributed by atoms with Crippen LogP contribution in [0.4, 0.5) is 0 Å². The van der Waals surface area contributed by atoms with Crippen LogP contribution in [0.5, 0.6) is 0 Å². The highest BCUT2D eigenvalue weighted by Gasteiger charge is 2.15. The van der Waals surface area contributed by atoms with E-state index in [1.54, 1.807) is 18.2 Å². The van der Waals surface area contributed by atoms with Crippen LogP contribution in [0.1, 0.15) is 17.7 Å². The molecule has 4 nitrogen and oxygen atoms in total. The Kier molecular flexibility index (Phi) is 5.12. The molecule has 4 heteroatoms. The molecule has 0 N–H and O–H groups in total. The molecule has 0 aliphatic heterocycles. The summed E-state index contributed by atoms with van der Waals surface area (Å²) in [5.41, 5.74) is 4.19. The van der Waals surface area contributed by atoms with Gasteiger partial charge in [0.25, 0.3) is 0 Å². The predicted molar refractivity (Wildman–Crippen MR) is 140 cm³/mol. The maximum atomic E-state index is 13.0. The fourth-order valence-corrected chi connectivity index (χ4v) is 4.40. The summed E-state index contributed by atoms with van der Waals surface area (Å²) in [5.74, 6) is 1.02. The summed E-state index contributed by atoms with van der Waals surface area (Å²) in [5, 5.41) is 1.07. The maximum Gasteiger partial charge on any atom is 0.193 e. The highest BCUT2D eigenvalue weighted by Crippen LogP contribution is 2.32. The van der Waals surface area contributed by atoms with Crippen LogP contribution in [-0.4, -0.2) is 0 Å². The van der Waals surface area contributed by atoms with E-state index in [-0.39, 0.29) is 10.9 Å². The second-order valence-corrected chi connectivity index (χ2v) is 8.39. The topological polar surface area (TPSA) is 60.4 Å². The van der Waals surface area contributed by atoms with Gasteiger partial charge in [-0.15, -0.1) is 0 Å². The van der Waals surface area contributed by atoms with Gasteiger partial charge in [0, 0.05) is 28.8 Å². The van der Waals surface area contributed by atoms with Gasteiger partial charge >= 0.3 is 0 Å². The van der Waals surface area contributed by atoms with Gasteiger partial charge in [0.05, 0.1) is 10.8 Å².